The van der Waals surface area contributed by atoms with E-state index in [1.54, 1.807) is 0 Å². The number of benzene rings is 1. The van der Waals surface area contributed by atoms with Crippen LogP contribution in [0.1, 0.15) is 44.4 Å². The van der Waals surface area contributed by atoms with Crippen molar-refractivity contribution in [2.75, 3.05) is 0 Å². The molecule has 100 valence electrons. The van der Waals surface area contributed by atoms with E-state index in [1.807, 2.05) is 0 Å². The van der Waals surface area contributed by atoms with Gasteiger partial charge in [-0.3, -0.25) is 4.79 Å². The third-order valence-corrected chi connectivity index (χ3v) is 2.64. The molecule has 0 aliphatic heterocycles. The summed E-state index contributed by atoms with van der Waals surface area (Å²) in [5.41, 5.74) is -1.39. The van der Waals surface area contributed by atoms with Gasteiger partial charge in [-0.05, 0) is 44.0 Å². The molecule has 0 atom stereocenters. The Hall–Kier alpha value is -1.32. The molecule has 0 heterocycles. The Bertz CT molecular complexity index is 421. The Morgan fingerprint density at radius 1 is 1.06 bits per heavy atom. The van der Waals surface area contributed by atoms with Gasteiger partial charge in [0.2, 0.25) is 0 Å². The minimum absolute atomic E-state index is 0.0347. The summed E-state index contributed by atoms with van der Waals surface area (Å²) in [4.78, 5) is 11.1. The summed E-state index contributed by atoms with van der Waals surface area (Å²) in [7, 11) is 0. The van der Waals surface area contributed by atoms with Crippen LogP contribution in [-0.4, -0.2) is 5.78 Å². The van der Waals surface area contributed by atoms with Gasteiger partial charge in [0.25, 0.3) is 5.92 Å². The van der Waals surface area contributed by atoms with Gasteiger partial charge in [-0.25, -0.2) is 13.2 Å². The first-order valence-electron chi connectivity index (χ1n) is 5.71. The molecular formula is C14H17F3O. The topological polar surface area (TPSA) is 17.1 Å². The van der Waals surface area contributed by atoms with Crippen LogP contribution in [-0.2, 0) is 22.8 Å². The van der Waals surface area contributed by atoms with Gasteiger partial charge in [-0.15, -0.1) is 0 Å². The van der Waals surface area contributed by atoms with Gasteiger partial charge in [0, 0.05) is 18.9 Å². The van der Waals surface area contributed by atoms with Crippen molar-refractivity contribution < 1.29 is 18.0 Å². The van der Waals surface area contributed by atoms with Gasteiger partial charge in [0.05, 0.1) is 0 Å². The zero-order chi connectivity index (χ0) is 14.1. The number of carbonyl (C=O) groups is 1. The number of hydrogen-bond acceptors (Lipinski definition) is 1. The van der Waals surface area contributed by atoms with Crippen LogP contribution < -0.4 is 0 Å². The summed E-state index contributed by atoms with van der Waals surface area (Å²) in [6.45, 7) is 4.74. The second kappa shape index (κ2) is 4.75. The summed E-state index contributed by atoms with van der Waals surface area (Å²) in [5, 5.41) is 0. The molecule has 0 bridgehead atoms. The Morgan fingerprint density at radius 2 is 1.56 bits per heavy atom. The molecule has 1 rings (SSSR count). The van der Waals surface area contributed by atoms with E-state index in [4.69, 9.17) is 0 Å². The van der Waals surface area contributed by atoms with Crippen LogP contribution in [0.4, 0.5) is 13.2 Å². The van der Waals surface area contributed by atoms with Gasteiger partial charge in [0.1, 0.15) is 11.5 Å². The number of rotatable bonds is 4. The van der Waals surface area contributed by atoms with Gasteiger partial charge in [-0.2, -0.15) is 0 Å². The van der Waals surface area contributed by atoms with Gasteiger partial charge >= 0.3 is 0 Å². The lowest BCUT2D eigenvalue weighted by molar-refractivity contribution is -0.116. The number of alkyl halides is 3. The standard InChI is InChI=1S/C14H17F3O/c1-9(18)5-10-6-11(13(2,3)15)8-12(7-10)14(4,16)17/h6-8H,5H2,1-4H3. The molecular weight excluding hydrogens is 241 g/mol. The molecule has 0 aliphatic rings. The second-order valence-corrected chi connectivity index (χ2v) is 5.16. The number of Topliss-reactive ketones (excluding diaryl/α,β-unsaturated/α-hetero) is 1. The van der Waals surface area contributed by atoms with Crippen LogP contribution in [0.15, 0.2) is 18.2 Å². The van der Waals surface area contributed by atoms with Crippen molar-refractivity contribution in [2.45, 2.75) is 45.7 Å². The fraction of sp³-hybridized carbons (Fsp3) is 0.500. The predicted molar refractivity (Wildman–Crippen MR) is 64.5 cm³/mol. The van der Waals surface area contributed by atoms with Crippen LogP contribution in [0, 0.1) is 0 Å². The van der Waals surface area contributed by atoms with Crippen molar-refractivity contribution in [3.8, 4) is 0 Å². The molecule has 0 saturated carbocycles. The molecule has 0 aromatic heterocycles. The lowest BCUT2D eigenvalue weighted by atomic mass is 9.92. The maximum absolute atomic E-state index is 13.9. The van der Waals surface area contributed by atoms with Crippen LogP contribution in [0.25, 0.3) is 0 Å². The van der Waals surface area contributed by atoms with E-state index in [0.29, 0.717) is 5.56 Å². The smallest absolute Gasteiger partial charge is 0.270 e. The van der Waals surface area contributed by atoms with E-state index in [9.17, 15) is 18.0 Å². The second-order valence-electron chi connectivity index (χ2n) is 5.16. The number of halogens is 3. The minimum atomic E-state index is -3.05. The first-order chi connectivity index (χ1) is 8.00. The molecule has 0 saturated heterocycles. The molecule has 0 amide bonds. The monoisotopic (exact) mass is 258 g/mol. The first kappa shape index (κ1) is 14.7. The average Bonchev–Trinajstić information content (AvgIpc) is 2.13. The Balaban J connectivity index is 3.34. The van der Waals surface area contributed by atoms with Crippen LogP contribution in [0.2, 0.25) is 0 Å². The van der Waals surface area contributed by atoms with Crippen molar-refractivity contribution in [3.05, 3.63) is 34.9 Å². The van der Waals surface area contributed by atoms with Crippen molar-refractivity contribution in [2.24, 2.45) is 0 Å². The zero-order valence-electron chi connectivity index (χ0n) is 11.0. The van der Waals surface area contributed by atoms with Crippen molar-refractivity contribution in [3.63, 3.8) is 0 Å². The SMILES string of the molecule is CC(=O)Cc1cc(C(C)(C)F)cc(C(C)(F)F)c1. The lowest BCUT2D eigenvalue weighted by Gasteiger charge is -2.20. The third-order valence-electron chi connectivity index (χ3n) is 2.64. The number of hydrogen-bond donors (Lipinski definition) is 0. The highest BCUT2D eigenvalue weighted by molar-refractivity contribution is 5.78. The maximum Gasteiger partial charge on any atom is 0.270 e. The van der Waals surface area contributed by atoms with E-state index < -0.39 is 11.6 Å². The third kappa shape index (κ3) is 3.86. The maximum atomic E-state index is 13.9. The normalized spacial score (nSPS) is 12.6. The van der Waals surface area contributed by atoms with E-state index in [2.05, 4.69) is 0 Å². The van der Waals surface area contributed by atoms with Crippen LogP contribution in [0.3, 0.4) is 0 Å². The highest BCUT2D eigenvalue weighted by Gasteiger charge is 2.28. The quantitative estimate of drug-likeness (QED) is 0.793. The lowest BCUT2D eigenvalue weighted by Crippen LogP contribution is -2.15. The van der Waals surface area contributed by atoms with Crippen LogP contribution in [0.5, 0.6) is 0 Å². The highest BCUT2D eigenvalue weighted by Crippen LogP contribution is 2.33. The summed E-state index contributed by atoms with van der Waals surface area (Å²) in [6.07, 6.45) is 0.0347. The molecule has 0 spiro atoms. The average molecular weight is 258 g/mol. The number of ketones is 1. The van der Waals surface area contributed by atoms with Gasteiger partial charge in [0.15, 0.2) is 0 Å². The van der Waals surface area contributed by atoms with Crippen molar-refractivity contribution in [1.29, 1.82) is 0 Å². The van der Waals surface area contributed by atoms with E-state index in [-0.39, 0.29) is 23.3 Å². The molecule has 0 unspecified atom stereocenters. The Kier molecular flexibility index (Phi) is 3.89. The summed E-state index contributed by atoms with van der Waals surface area (Å²) < 4.78 is 40.5. The minimum Gasteiger partial charge on any atom is -0.300 e. The summed E-state index contributed by atoms with van der Waals surface area (Å²) >= 11 is 0. The molecule has 1 aromatic carbocycles. The Labute approximate surface area is 105 Å². The molecule has 0 N–H and O–H groups in total. The largest absolute Gasteiger partial charge is 0.300 e. The molecule has 0 radical (unpaired) electrons. The number of carbonyl (C=O) groups excluding carboxylic acids is 1. The molecule has 18 heavy (non-hydrogen) atoms. The van der Waals surface area contributed by atoms with E-state index >= 15 is 0 Å². The van der Waals surface area contributed by atoms with Gasteiger partial charge in [-0.1, -0.05) is 6.07 Å². The molecule has 4 heteroatoms. The zero-order valence-corrected chi connectivity index (χ0v) is 11.0. The highest BCUT2D eigenvalue weighted by atomic mass is 19.3. The fourth-order valence-electron chi connectivity index (χ4n) is 1.68. The predicted octanol–water partition coefficient (Wildman–Crippen LogP) is 4.13. The molecule has 1 aromatic rings. The first-order valence-corrected chi connectivity index (χ1v) is 5.71. The molecule has 1 nitrogen and oxygen atoms in total. The molecule has 0 aliphatic carbocycles. The Morgan fingerprint density at radius 3 is 1.94 bits per heavy atom. The van der Waals surface area contributed by atoms with Crippen molar-refractivity contribution in [1.82, 2.24) is 0 Å². The van der Waals surface area contributed by atoms with Crippen LogP contribution >= 0.6 is 0 Å². The van der Waals surface area contributed by atoms with Gasteiger partial charge < -0.3 is 0 Å². The molecule has 0 fully saturated rings. The summed E-state index contributed by atoms with van der Waals surface area (Å²) in [5.74, 6) is -3.19. The van der Waals surface area contributed by atoms with E-state index in [0.717, 1.165) is 13.0 Å². The van der Waals surface area contributed by atoms with E-state index in [1.165, 1.54) is 32.9 Å². The fourth-order valence-corrected chi connectivity index (χ4v) is 1.68. The van der Waals surface area contributed by atoms with Crippen molar-refractivity contribution >= 4 is 5.78 Å². The summed E-state index contributed by atoms with van der Waals surface area (Å²) in [6, 6.07) is 3.89.